The van der Waals surface area contributed by atoms with Gasteiger partial charge in [-0.2, -0.15) is 0 Å². The number of likely N-dealkylation sites (N-methyl/N-ethyl adjacent to an activating group) is 1. The normalized spacial score (nSPS) is 12.8. The molecule has 5 nitrogen and oxygen atoms in total. The van der Waals surface area contributed by atoms with Gasteiger partial charge >= 0.3 is 5.97 Å². The number of carbonyl (C=O) groups is 2. The van der Waals surface area contributed by atoms with E-state index in [4.69, 9.17) is 4.74 Å². The SMILES string of the molecule is CCOC(=O)C(C)(C)N(C)CC(=O)NC(C)c1cccc2ccccc12. The minimum Gasteiger partial charge on any atom is -0.465 e. The second kappa shape index (κ2) is 8.32. The van der Waals surface area contributed by atoms with Crippen LogP contribution in [-0.2, 0) is 14.3 Å². The Kier molecular flexibility index (Phi) is 6.37. The molecule has 2 rings (SSSR count). The second-order valence-electron chi connectivity index (χ2n) is 6.99. The average Bonchev–Trinajstić information content (AvgIpc) is 2.61. The molecule has 1 N–H and O–H groups in total. The summed E-state index contributed by atoms with van der Waals surface area (Å²) >= 11 is 0. The molecule has 1 unspecified atom stereocenters. The Balaban J connectivity index is 2.06. The number of amides is 1. The van der Waals surface area contributed by atoms with Crippen molar-refractivity contribution >= 4 is 22.6 Å². The highest BCUT2D eigenvalue weighted by molar-refractivity contribution is 5.87. The minimum absolute atomic E-state index is 0.112. The number of nitrogens with zero attached hydrogens (tertiary/aromatic N) is 1. The van der Waals surface area contributed by atoms with Gasteiger partial charge in [-0.05, 0) is 51.1 Å². The van der Waals surface area contributed by atoms with Crippen molar-refractivity contribution < 1.29 is 14.3 Å². The largest absolute Gasteiger partial charge is 0.465 e. The fraction of sp³-hybridized carbons (Fsp3) is 0.429. The summed E-state index contributed by atoms with van der Waals surface area (Å²) in [6, 6.07) is 14.1. The molecule has 1 amide bonds. The highest BCUT2D eigenvalue weighted by atomic mass is 16.5. The van der Waals surface area contributed by atoms with E-state index in [1.807, 2.05) is 31.2 Å². The maximum atomic E-state index is 12.5. The summed E-state index contributed by atoms with van der Waals surface area (Å²) in [7, 11) is 1.75. The summed E-state index contributed by atoms with van der Waals surface area (Å²) in [6.45, 7) is 7.68. The van der Waals surface area contributed by atoms with Crippen LogP contribution in [-0.4, -0.2) is 42.5 Å². The van der Waals surface area contributed by atoms with E-state index in [1.165, 1.54) is 0 Å². The maximum absolute atomic E-state index is 12.5. The molecule has 0 aromatic heterocycles. The fourth-order valence-electron chi connectivity index (χ4n) is 2.87. The van der Waals surface area contributed by atoms with E-state index in [2.05, 4.69) is 23.5 Å². The van der Waals surface area contributed by atoms with Crippen LogP contribution in [0.15, 0.2) is 42.5 Å². The molecule has 0 aliphatic rings. The smallest absolute Gasteiger partial charge is 0.325 e. The Morgan fingerprint density at radius 1 is 1.15 bits per heavy atom. The van der Waals surface area contributed by atoms with E-state index in [-0.39, 0.29) is 24.5 Å². The lowest BCUT2D eigenvalue weighted by Gasteiger charge is -2.32. The number of nitrogens with one attached hydrogen (secondary N) is 1. The molecular weight excluding hydrogens is 328 g/mol. The summed E-state index contributed by atoms with van der Waals surface area (Å²) in [4.78, 5) is 26.3. The van der Waals surface area contributed by atoms with Gasteiger partial charge in [-0.15, -0.1) is 0 Å². The van der Waals surface area contributed by atoms with Gasteiger partial charge in [0.2, 0.25) is 5.91 Å². The van der Waals surface area contributed by atoms with Gasteiger partial charge in [0, 0.05) is 0 Å². The van der Waals surface area contributed by atoms with Crippen molar-refractivity contribution in [2.75, 3.05) is 20.2 Å². The van der Waals surface area contributed by atoms with Crippen molar-refractivity contribution in [3.63, 3.8) is 0 Å². The topological polar surface area (TPSA) is 58.6 Å². The van der Waals surface area contributed by atoms with E-state index in [9.17, 15) is 9.59 Å². The minimum atomic E-state index is -0.865. The van der Waals surface area contributed by atoms with E-state index in [0.29, 0.717) is 6.61 Å². The van der Waals surface area contributed by atoms with Crippen molar-refractivity contribution in [2.24, 2.45) is 0 Å². The summed E-state index contributed by atoms with van der Waals surface area (Å²) < 4.78 is 5.10. The lowest BCUT2D eigenvalue weighted by Crippen LogP contribution is -2.52. The average molecular weight is 356 g/mol. The first-order valence-corrected chi connectivity index (χ1v) is 8.92. The Morgan fingerprint density at radius 3 is 2.50 bits per heavy atom. The van der Waals surface area contributed by atoms with Gasteiger partial charge in [0.1, 0.15) is 5.54 Å². The summed E-state index contributed by atoms with van der Waals surface area (Å²) in [6.07, 6.45) is 0. The number of rotatable bonds is 7. The van der Waals surface area contributed by atoms with Gasteiger partial charge in [-0.3, -0.25) is 14.5 Å². The molecule has 0 fully saturated rings. The van der Waals surface area contributed by atoms with Crippen LogP contribution < -0.4 is 5.32 Å². The standard InChI is InChI=1S/C21H28N2O3/c1-6-26-20(25)21(3,4)23(5)14-19(24)22-15(2)17-13-9-11-16-10-7-8-12-18(16)17/h7-13,15H,6,14H2,1-5H3,(H,22,24). The van der Waals surface area contributed by atoms with Crippen molar-refractivity contribution in [1.82, 2.24) is 10.2 Å². The first-order chi connectivity index (χ1) is 12.3. The number of hydrogen-bond acceptors (Lipinski definition) is 4. The quantitative estimate of drug-likeness (QED) is 0.774. The Labute approximate surface area is 155 Å². The zero-order chi connectivity index (χ0) is 19.3. The highest BCUT2D eigenvalue weighted by Gasteiger charge is 2.34. The van der Waals surface area contributed by atoms with E-state index >= 15 is 0 Å². The predicted octanol–water partition coefficient (Wildman–Crippen LogP) is 3.29. The van der Waals surface area contributed by atoms with Crippen LogP contribution >= 0.6 is 0 Å². The van der Waals surface area contributed by atoms with Crippen LogP contribution in [0.25, 0.3) is 10.8 Å². The monoisotopic (exact) mass is 356 g/mol. The van der Waals surface area contributed by atoms with Gasteiger partial charge in [0.15, 0.2) is 0 Å². The third-order valence-corrected chi connectivity index (χ3v) is 4.78. The van der Waals surface area contributed by atoms with E-state index in [1.54, 1.807) is 32.7 Å². The molecule has 0 heterocycles. The number of fused-ring (bicyclic) bond motifs is 1. The molecule has 0 saturated heterocycles. The zero-order valence-corrected chi connectivity index (χ0v) is 16.2. The van der Waals surface area contributed by atoms with Crippen LogP contribution in [0.4, 0.5) is 0 Å². The van der Waals surface area contributed by atoms with E-state index in [0.717, 1.165) is 16.3 Å². The first kappa shape index (κ1) is 19.9. The van der Waals surface area contributed by atoms with Crippen LogP contribution in [0.1, 0.15) is 39.3 Å². The van der Waals surface area contributed by atoms with Crippen molar-refractivity contribution in [2.45, 2.75) is 39.3 Å². The maximum Gasteiger partial charge on any atom is 0.325 e. The summed E-state index contributed by atoms with van der Waals surface area (Å²) in [5.74, 6) is -0.470. The molecule has 0 aliphatic heterocycles. The molecule has 0 bridgehead atoms. The second-order valence-corrected chi connectivity index (χ2v) is 6.99. The molecular formula is C21H28N2O3. The Morgan fingerprint density at radius 2 is 1.81 bits per heavy atom. The molecule has 1 atom stereocenters. The molecule has 0 saturated carbocycles. The molecule has 0 spiro atoms. The van der Waals surface area contributed by atoms with Gasteiger partial charge in [-0.25, -0.2) is 0 Å². The van der Waals surface area contributed by atoms with Crippen LogP contribution in [0.2, 0.25) is 0 Å². The third-order valence-electron chi connectivity index (χ3n) is 4.78. The number of carbonyl (C=O) groups excluding carboxylic acids is 2. The van der Waals surface area contributed by atoms with Crippen molar-refractivity contribution in [1.29, 1.82) is 0 Å². The summed E-state index contributed by atoms with van der Waals surface area (Å²) in [5.41, 5.74) is 0.208. The van der Waals surface area contributed by atoms with Gasteiger partial charge in [0.25, 0.3) is 0 Å². The number of benzene rings is 2. The van der Waals surface area contributed by atoms with Gasteiger partial charge in [0.05, 0.1) is 19.2 Å². The van der Waals surface area contributed by atoms with Crippen LogP contribution in [0.3, 0.4) is 0 Å². The molecule has 140 valence electrons. The van der Waals surface area contributed by atoms with Crippen molar-refractivity contribution in [3.05, 3.63) is 48.0 Å². The van der Waals surface area contributed by atoms with E-state index < -0.39 is 5.54 Å². The lowest BCUT2D eigenvalue weighted by atomic mass is 9.99. The Bertz CT molecular complexity index is 780. The molecule has 0 radical (unpaired) electrons. The molecule has 5 heteroatoms. The van der Waals surface area contributed by atoms with Gasteiger partial charge in [-0.1, -0.05) is 42.5 Å². The summed E-state index contributed by atoms with van der Waals surface area (Å²) in [5, 5.41) is 5.30. The highest BCUT2D eigenvalue weighted by Crippen LogP contribution is 2.24. The zero-order valence-electron chi connectivity index (χ0n) is 16.2. The fourth-order valence-corrected chi connectivity index (χ4v) is 2.87. The first-order valence-electron chi connectivity index (χ1n) is 8.92. The number of esters is 1. The van der Waals surface area contributed by atoms with Crippen molar-refractivity contribution in [3.8, 4) is 0 Å². The van der Waals surface area contributed by atoms with Crippen LogP contribution in [0, 0.1) is 0 Å². The lowest BCUT2D eigenvalue weighted by molar-refractivity contribution is -0.155. The molecule has 2 aromatic carbocycles. The van der Waals surface area contributed by atoms with Gasteiger partial charge < -0.3 is 10.1 Å². The molecule has 26 heavy (non-hydrogen) atoms. The Hall–Kier alpha value is -2.40. The number of hydrogen-bond donors (Lipinski definition) is 1. The van der Waals surface area contributed by atoms with Crippen LogP contribution in [0.5, 0.6) is 0 Å². The predicted molar refractivity (Wildman–Crippen MR) is 104 cm³/mol. The number of ether oxygens (including phenoxy) is 1. The third kappa shape index (κ3) is 4.41. The molecule has 0 aliphatic carbocycles. The molecule has 2 aromatic rings.